The molecule has 38 heavy (non-hydrogen) atoms. The maximum Gasteiger partial charge on any atom is 0.0554 e. The summed E-state index contributed by atoms with van der Waals surface area (Å²) in [6.07, 6.45) is 10.5. The van der Waals surface area contributed by atoms with Crippen molar-refractivity contribution in [3.8, 4) is 0 Å². The van der Waals surface area contributed by atoms with Crippen molar-refractivity contribution in [1.82, 2.24) is 0 Å². The summed E-state index contributed by atoms with van der Waals surface area (Å²) in [5.74, 6) is 0.414. The fraction of sp³-hybridized carbons (Fsp3) is 0.421. The molecule has 196 valence electrons. The molecule has 0 atom stereocenters. The molecule has 3 aromatic carbocycles. The molecule has 6 rings (SSSR count). The molecular weight excluding hydrogens is 456 g/mol. The van der Waals surface area contributed by atoms with E-state index < -0.39 is 0 Å². The Kier molecular flexibility index (Phi) is 6.50. The van der Waals surface area contributed by atoms with E-state index in [2.05, 4.69) is 96.1 Å². The van der Waals surface area contributed by atoms with E-state index in [1.54, 1.807) is 22.3 Å². The predicted molar refractivity (Wildman–Crippen MR) is 162 cm³/mol. The van der Waals surface area contributed by atoms with Crippen LogP contribution in [-0.4, -0.2) is 0 Å². The molecule has 0 spiro atoms. The van der Waals surface area contributed by atoms with Crippen molar-refractivity contribution in [2.45, 2.75) is 98.3 Å². The Morgan fingerprint density at radius 2 is 0.711 bits per heavy atom. The van der Waals surface area contributed by atoms with Gasteiger partial charge in [0, 0.05) is 5.92 Å². The van der Waals surface area contributed by atoms with E-state index in [0.29, 0.717) is 5.92 Å². The molecule has 0 aliphatic heterocycles. The molecule has 0 saturated carbocycles. The number of benzene rings is 3. The van der Waals surface area contributed by atoms with Crippen LogP contribution >= 0.6 is 0 Å². The molecule has 0 radical (unpaired) electrons. The van der Waals surface area contributed by atoms with Gasteiger partial charge < -0.3 is 0 Å². The standard InChI is InChI=1S/C38H44/c1-24-15-25(2)19-30(18-24)38(31-20-26(3)16-27(4)21-31,32-22-28(5)17-29(6)23-32)37-35-13-9-7-11-33(35)34-12-8-10-14-36(34)37/h15-23,37H,7-14H2,1-6H3. The van der Waals surface area contributed by atoms with E-state index >= 15 is 0 Å². The van der Waals surface area contributed by atoms with Crippen molar-refractivity contribution in [2.75, 3.05) is 0 Å². The number of fused-ring (bicyclic) bond motifs is 1. The number of hydrogen-bond donors (Lipinski definition) is 0. The second kappa shape index (κ2) is 9.71. The highest BCUT2D eigenvalue weighted by Gasteiger charge is 2.51. The third-order valence-corrected chi connectivity index (χ3v) is 9.55. The van der Waals surface area contributed by atoms with Crippen LogP contribution in [0, 0.1) is 47.5 Å². The summed E-state index contributed by atoms with van der Waals surface area (Å²) in [4.78, 5) is 0. The second-order valence-electron chi connectivity index (χ2n) is 12.8. The molecule has 0 fully saturated rings. The van der Waals surface area contributed by atoms with Gasteiger partial charge in [-0.25, -0.2) is 0 Å². The third kappa shape index (κ3) is 4.12. The quantitative estimate of drug-likeness (QED) is 0.313. The normalized spacial score (nSPS) is 18.2. The first kappa shape index (κ1) is 25.4. The Morgan fingerprint density at radius 3 is 1.03 bits per heavy atom. The van der Waals surface area contributed by atoms with Gasteiger partial charge in [0.05, 0.1) is 5.41 Å². The van der Waals surface area contributed by atoms with E-state index in [0.717, 1.165) is 0 Å². The van der Waals surface area contributed by atoms with Crippen LogP contribution in [-0.2, 0) is 5.41 Å². The minimum Gasteiger partial charge on any atom is -0.0580 e. The predicted octanol–water partition coefficient (Wildman–Crippen LogP) is 10.2. The minimum absolute atomic E-state index is 0.239. The lowest BCUT2D eigenvalue weighted by Gasteiger charge is -2.45. The highest BCUT2D eigenvalue weighted by atomic mass is 14.5. The molecule has 0 nitrogen and oxygen atoms in total. The van der Waals surface area contributed by atoms with Crippen LogP contribution < -0.4 is 0 Å². The zero-order valence-corrected chi connectivity index (χ0v) is 24.4. The van der Waals surface area contributed by atoms with Crippen molar-refractivity contribution >= 4 is 0 Å². The van der Waals surface area contributed by atoms with Crippen LogP contribution in [0.4, 0.5) is 0 Å². The fourth-order valence-electron chi connectivity index (χ4n) is 8.52. The van der Waals surface area contributed by atoms with E-state index in [4.69, 9.17) is 0 Å². The maximum atomic E-state index is 2.52. The minimum atomic E-state index is -0.239. The van der Waals surface area contributed by atoms with Crippen LogP contribution in [0.15, 0.2) is 76.9 Å². The average molecular weight is 501 g/mol. The third-order valence-electron chi connectivity index (χ3n) is 9.55. The SMILES string of the molecule is Cc1cc(C)cc(C(c2cc(C)cc(C)c2)(c2cc(C)cc(C)c2)C2C3=C(CCCC3)C3=C2CCCC3)c1. The first-order chi connectivity index (χ1) is 18.3. The monoisotopic (exact) mass is 500 g/mol. The summed E-state index contributed by atoms with van der Waals surface area (Å²) in [5.41, 5.74) is 19.5. The van der Waals surface area contributed by atoms with Gasteiger partial charge in [0.2, 0.25) is 0 Å². The molecule has 3 aliphatic carbocycles. The summed E-state index contributed by atoms with van der Waals surface area (Å²) in [7, 11) is 0. The number of rotatable bonds is 4. The summed E-state index contributed by atoms with van der Waals surface area (Å²) < 4.78 is 0. The van der Waals surface area contributed by atoms with Gasteiger partial charge in [-0.1, -0.05) is 99.1 Å². The van der Waals surface area contributed by atoms with E-state index in [-0.39, 0.29) is 5.41 Å². The van der Waals surface area contributed by atoms with Crippen LogP contribution in [0.1, 0.15) is 101 Å². The van der Waals surface area contributed by atoms with Crippen molar-refractivity contribution in [1.29, 1.82) is 0 Å². The molecular formula is C38H44. The summed E-state index contributed by atoms with van der Waals surface area (Å²) in [5, 5.41) is 0. The van der Waals surface area contributed by atoms with E-state index in [9.17, 15) is 0 Å². The molecule has 0 aromatic heterocycles. The molecule has 0 heteroatoms. The van der Waals surface area contributed by atoms with Crippen molar-refractivity contribution in [3.05, 3.63) is 127 Å². The smallest absolute Gasteiger partial charge is 0.0554 e. The van der Waals surface area contributed by atoms with E-state index in [1.165, 1.54) is 101 Å². The van der Waals surface area contributed by atoms with Gasteiger partial charge in [-0.15, -0.1) is 0 Å². The Hall–Kier alpha value is -2.86. The van der Waals surface area contributed by atoms with Gasteiger partial charge in [0.15, 0.2) is 0 Å². The summed E-state index contributed by atoms with van der Waals surface area (Å²) in [6, 6.07) is 22.2. The number of allylic oxidation sites excluding steroid dienone is 4. The number of hydrogen-bond acceptors (Lipinski definition) is 0. The fourth-order valence-corrected chi connectivity index (χ4v) is 8.52. The summed E-state index contributed by atoms with van der Waals surface area (Å²) >= 11 is 0. The second-order valence-corrected chi connectivity index (χ2v) is 12.8. The van der Waals surface area contributed by atoms with Gasteiger partial charge in [-0.2, -0.15) is 0 Å². The number of aryl methyl sites for hydroxylation is 6. The van der Waals surface area contributed by atoms with E-state index in [1.807, 2.05) is 0 Å². The van der Waals surface area contributed by atoms with Gasteiger partial charge >= 0.3 is 0 Å². The lowest BCUT2D eigenvalue weighted by molar-refractivity contribution is 0.444. The zero-order valence-electron chi connectivity index (χ0n) is 24.4. The average Bonchev–Trinajstić information content (AvgIpc) is 3.18. The van der Waals surface area contributed by atoms with Gasteiger partial charge in [-0.05, 0) is 121 Å². The largest absolute Gasteiger partial charge is 0.0580 e. The van der Waals surface area contributed by atoms with Gasteiger partial charge in [0.1, 0.15) is 0 Å². The van der Waals surface area contributed by atoms with Crippen LogP contribution in [0.2, 0.25) is 0 Å². The molecule has 0 unspecified atom stereocenters. The highest BCUT2D eigenvalue weighted by molar-refractivity contribution is 5.64. The van der Waals surface area contributed by atoms with Crippen LogP contribution in [0.5, 0.6) is 0 Å². The van der Waals surface area contributed by atoms with Gasteiger partial charge in [0.25, 0.3) is 0 Å². The maximum absolute atomic E-state index is 2.52. The summed E-state index contributed by atoms with van der Waals surface area (Å²) in [6.45, 7) is 13.7. The molecule has 3 aliphatic rings. The molecule has 0 bridgehead atoms. The Bertz CT molecular complexity index is 1260. The topological polar surface area (TPSA) is 0 Å². The molecule has 0 N–H and O–H groups in total. The molecule has 0 heterocycles. The Morgan fingerprint density at radius 1 is 0.421 bits per heavy atom. The lowest BCUT2D eigenvalue weighted by atomic mass is 9.56. The van der Waals surface area contributed by atoms with Crippen molar-refractivity contribution in [2.24, 2.45) is 5.92 Å². The Balaban J connectivity index is 1.80. The Labute approximate surface area is 230 Å². The van der Waals surface area contributed by atoms with Crippen LogP contribution in [0.3, 0.4) is 0 Å². The molecule has 3 aromatic rings. The van der Waals surface area contributed by atoms with Crippen molar-refractivity contribution in [3.63, 3.8) is 0 Å². The lowest BCUT2D eigenvalue weighted by Crippen LogP contribution is -2.40. The first-order valence-corrected chi connectivity index (χ1v) is 15.0. The first-order valence-electron chi connectivity index (χ1n) is 15.0. The molecule has 0 amide bonds. The zero-order chi connectivity index (χ0) is 26.6. The van der Waals surface area contributed by atoms with Gasteiger partial charge in [-0.3, -0.25) is 0 Å². The van der Waals surface area contributed by atoms with Crippen molar-refractivity contribution < 1.29 is 0 Å². The van der Waals surface area contributed by atoms with Crippen LogP contribution in [0.25, 0.3) is 0 Å². The molecule has 0 saturated heterocycles. The highest BCUT2D eigenvalue weighted by Crippen LogP contribution is 2.60.